The molecule has 1 aliphatic carbocycles. The van der Waals surface area contributed by atoms with Gasteiger partial charge in [-0.25, -0.2) is 0 Å². The molecule has 0 heterocycles. The molecule has 0 saturated heterocycles. The minimum atomic E-state index is 0.525. The average Bonchev–Trinajstić information content (AvgIpc) is 3.01. The lowest BCUT2D eigenvalue weighted by molar-refractivity contribution is 0.0488. The molecule has 0 fully saturated rings. The van der Waals surface area contributed by atoms with Crippen LogP contribution in [0.4, 0.5) is 0 Å². The van der Waals surface area contributed by atoms with Crippen molar-refractivity contribution in [1.82, 2.24) is 0 Å². The van der Waals surface area contributed by atoms with Crippen molar-refractivity contribution in [3.8, 4) is 11.5 Å². The van der Waals surface area contributed by atoms with Crippen LogP contribution in [0.1, 0.15) is 30.9 Å². The van der Waals surface area contributed by atoms with Crippen molar-refractivity contribution < 1.29 is 18.9 Å². The van der Waals surface area contributed by atoms with E-state index in [1.807, 2.05) is 6.92 Å². The molecule has 2 rings (SSSR count). The van der Waals surface area contributed by atoms with Gasteiger partial charge in [0.1, 0.15) is 0 Å². The summed E-state index contributed by atoms with van der Waals surface area (Å²) in [6, 6.07) is 4.29. The highest BCUT2D eigenvalue weighted by Gasteiger charge is 2.16. The SMILES string of the molecule is CCOc1cc2c(cc1OCCCOCCOCCCl)CCC2. The number of aryl methyl sites for hydroxylation is 2. The second-order valence-electron chi connectivity index (χ2n) is 5.47. The molecule has 1 aromatic carbocycles. The molecule has 0 radical (unpaired) electrons. The Morgan fingerprint density at radius 3 is 2.17 bits per heavy atom. The second kappa shape index (κ2) is 10.7. The molecule has 0 unspecified atom stereocenters. The molecular weight excluding hydrogens is 316 g/mol. The van der Waals surface area contributed by atoms with Gasteiger partial charge in [0.2, 0.25) is 0 Å². The van der Waals surface area contributed by atoms with Crippen LogP contribution in [0.5, 0.6) is 11.5 Å². The topological polar surface area (TPSA) is 36.9 Å². The van der Waals surface area contributed by atoms with Gasteiger partial charge in [0.15, 0.2) is 11.5 Å². The standard InChI is InChI=1S/C18H27ClO4/c1-2-22-17-13-15-5-3-6-16(15)14-18(17)23-9-4-8-20-11-12-21-10-7-19/h13-14H,2-12H2,1H3. The molecule has 1 aromatic rings. The van der Waals surface area contributed by atoms with E-state index in [0.29, 0.717) is 45.5 Å². The molecule has 0 spiro atoms. The lowest BCUT2D eigenvalue weighted by atomic mass is 10.1. The van der Waals surface area contributed by atoms with Crippen LogP contribution in [0.25, 0.3) is 0 Å². The average molecular weight is 343 g/mol. The van der Waals surface area contributed by atoms with Crippen LogP contribution in [-0.4, -0.2) is 45.5 Å². The molecule has 0 amide bonds. The minimum absolute atomic E-state index is 0.525. The quantitative estimate of drug-likeness (QED) is 0.429. The number of ether oxygens (including phenoxy) is 4. The number of alkyl halides is 1. The molecule has 0 saturated carbocycles. The van der Waals surface area contributed by atoms with E-state index >= 15 is 0 Å². The van der Waals surface area contributed by atoms with Crippen LogP contribution in [0.3, 0.4) is 0 Å². The van der Waals surface area contributed by atoms with Crippen LogP contribution < -0.4 is 9.47 Å². The highest BCUT2D eigenvalue weighted by molar-refractivity contribution is 6.17. The van der Waals surface area contributed by atoms with Gasteiger partial charge in [-0.2, -0.15) is 0 Å². The van der Waals surface area contributed by atoms with E-state index in [1.54, 1.807) is 0 Å². The molecule has 4 nitrogen and oxygen atoms in total. The minimum Gasteiger partial charge on any atom is -0.490 e. The third-order valence-electron chi connectivity index (χ3n) is 3.74. The van der Waals surface area contributed by atoms with Crippen molar-refractivity contribution >= 4 is 11.6 Å². The summed E-state index contributed by atoms with van der Waals surface area (Å²) >= 11 is 5.52. The summed E-state index contributed by atoms with van der Waals surface area (Å²) in [7, 11) is 0. The summed E-state index contributed by atoms with van der Waals surface area (Å²) in [5.74, 6) is 2.25. The number of benzene rings is 1. The Morgan fingerprint density at radius 1 is 0.870 bits per heavy atom. The van der Waals surface area contributed by atoms with E-state index < -0.39 is 0 Å². The lowest BCUT2D eigenvalue weighted by Gasteiger charge is -2.14. The third kappa shape index (κ3) is 6.21. The zero-order valence-corrected chi connectivity index (χ0v) is 14.7. The zero-order valence-electron chi connectivity index (χ0n) is 13.9. The molecule has 130 valence electrons. The number of hydrogen-bond donors (Lipinski definition) is 0. The van der Waals surface area contributed by atoms with Gasteiger partial charge >= 0.3 is 0 Å². The van der Waals surface area contributed by atoms with Crippen molar-refractivity contribution in [2.45, 2.75) is 32.6 Å². The van der Waals surface area contributed by atoms with Crippen molar-refractivity contribution in [3.05, 3.63) is 23.3 Å². The van der Waals surface area contributed by atoms with Crippen molar-refractivity contribution in [3.63, 3.8) is 0 Å². The first-order valence-corrected chi connectivity index (χ1v) is 9.01. The van der Waals surface area contributed by atoms with E-state index in [2.05, 4.69) is 12.1 Å². The Hall–Kier alpha value is -0.970. The molecule has 5 heteroatoms. The Morgan fingerprint density at radius 2 is 1.52 bits per heavy atom. The maximum Gasteiger partial charge on any atom is 0.161 e. The van der Waals surface area contributed by atoms with Crippen LogP contribution in [0.15, 0.2) is 12.1 Å². The molecule has 0 N–H and O–H groups in total. The first-order chi connectivity index (χ1) is 11.3. The van der Waals surface area contributed by atoms with Gasteiger partial charge in [0.25, 0.3) is 0 Å². The normalized spacial score (nSPS) is 13.1. The van der Waals surface area contributed by atoms with Gasteiger partial charge in [-0.05, 0) is 49.4 Å². The number of fused-ring (bicyclic) bond motifs is 1. The Balaban J connectivity index is 1.68. The van der Waals surface area contributed by atoms with Crippen molar-refractivity contribution in [2.24, 2.45) is 0 Å². The molecule has 0 aromatic heterocycles. The largest absolute Gasteiger partial charge is 0.490 e. The Labute approximate surface area is 144 Å². The van der Waals surface area contributed by atoms with E-state index in [4.69, 9.17) is 30.5 Å². The van der Waals surface area contributed by atoms with Crippen LogP contribution in [-0.2, 0) is 22.3 Å². The van der Waals surface area contributed by atoms with Crippen LogP contribution in [0, 0.1) is 0 Å². The molecule has 23 heavy (non-hydrogen) atoms. The summed E-state index contributed by atoms with van der Waals surface area (Å²) in [6.07, 6.45) is 4.36. The van der Waals surface area contributed by atoms with Crippen LogP contribution >= 0.6 is 11.6 Å². The molecule has 0 atom stereocenters. The lowest BCUT2D eigenvalue weighted by Crippen LogP contribution is -2.09. The predicted octanol–water partition coefficient (Wildman–Crippen LogP) is 3.61. The van der Waals surface area contributed by atoms with E-state index in [9.17, 15) is 0 Å². The van der Waals surface area contributed by atoms with Crippen molar-refractivity contribution in [1.29, 1.82) is 0 Å². The van der Waals surface area contributed by atoms with E-state index in [0.717, 1.165) is 30.8 Å². The van der Waals surface area contributed by atoms with Gasteiger partial charge in [0.05, 0.1) is 33.0 Å². The van der Waals surface area contributed by atoms with E-state index in [1.165, 1.54) is 17.5 Å². The molecule has 0 aliphatic heterocycles. The Kier molecular flexibility index (Phi) is 8.58. The Bertz CT molecular complexity index is 465. The first kappa shape index (κ1) is 18.4. The van der Waals surface area contributed by atoms with Crippen LogP contribution in [0.2, 0.25) is 0 Å². The maximum absolute atomic E-state index is 5.91. The fraction of sp³-hybridized carbons (Fsp3) is 0.667. The zero-order chi connectivity index (χ0) is 16.3. The van der Waals surface area contributed by atoms with E-state index in [-0.39, 0.29) is 0 Å². The summed E-state index contributed by atoms with van der Waals surface area (Å²) < 4.78 is 22.3. The molecule has 1 aliphatic rings. The van der Waals surface area contributed by atoms with Gasteiger partial charge in [-0.1, -0.05) is 0 Å². The molecule has 0 bridgehead atoms. The van der Waals surface area contributed by atoms with Gasteiger partial charge < -0.3 is 18.9 Å². The first-order valence-electron chi connectivity index (χ1n) is 8.48. The number of hydrogen-bond acceptors (Lipinski definition) is 4. The van der Waals surface area contributed by atoms with Crippen molar-refractivity contribution in [2.75, 3.05) is 45.5 Å². The summed E-state index contributed by atoms with van der Waals surface area (Å²) in [6.45, 7) is 5.71. The summed E-state index contributed by atoms with van der Waals surface area (Å²) in [5, 5.41) is 0. The second-order valence-corrected chi connectivity index (χ2v) is 5.85. The third-order valence-corrected chi connectivity index (χ3v) is 3.90. The fourth-order valence-electron chi connectivity index (χ4n) is 2.68. The van der Waals surface area contributed by atoms with Gasteiger partial charge in [-0.3, -0.25) is 0 Å². The highest BCUT2D eigenvalue weighted by Crippen LogP contribution is 2.35. The summed E-state index contributed by atoms with van der Waals surface area (Å²) in [4.78, 5) is 0. The monoisotopic (exact) mass is 342 g/mol. The highest BCUT2D eigenvalue weighted by atomic mass is 35.5. The fourth-order valence-corrected chi connectivity index (χ4v) is 2.79. The maximum atomic E-state index is 5.91. The molecular formula is C18H27ClO4. The predicted molar refractivity (Wildman–Crippen MR) is 92.1 cm³/mol. The van der Waals surface area contributed by atoms with Gasteiger partial charge in [-0.15, -0.1) is 11.6 Å². The van der Waals surface area contributed by atoms with Gasteiger partial charge in [0, 0.05) is 18.9 Å². The number of rotatable bonds is 12. The smallest absolute Gasteiger partial charge is 0.161 e. The number of halogens is 1. The summed E-state index contributed by atoms with van der Waals surface area (Å²) in [5.41, 5.74) is 2.80.